The minimum absolute atomic E-state index is 0.275. The average molecular weight is 479 g/mol. The second-order valence-electron chi connectivity index (χ2n) is 8.70. The standard InChI is InChI=1S/C27H34N4O4/c1-6-15-31-18(5)23(25(32)35-17(3)4)24(30-27(31)34)20-12-10-13-21(16-20)28-26(33)29-22-14-9-8-11-19(22)7-2/h8-14,16-17,24H,6-7,15H2,1-5H3,(H,30,34)(H2,28,29,33). The molecule has 0 saturated heterocycles. The van der Waals surface area contributed by atoms with E-state index in [1.165, 1.54) is 0 Å². The fraction of sp³-hybridized carbons (Fsp3) is 0.370. The minimum atomic E-state index is -0.701. The summed E-state index contributed by atoms with van der Waals surface area (Å²) in [4.78, 5) is 40.1. The molecule has 4 amide bonds. The molecule has 2 aromatic carbocycles. The Morgan fingerprint density at radius 1 is 1.09 bits per heavy atom. The van der Waals surface area contributed by atoms with Crippen LogP contribution >= 0.6 is 0 Å². The van der Waals surface area contributed by atoms with Gasteiger partial charge in [0, 0.05) is 23.6 Å². The van der Waals surface area contributed by atoms with E-state index >= 15 is 0 Å². The number of ether oxygens (including phenoxy) is 1. The smallest absolute Gasteiger partial charge is 0.338 e. The molecule has 3 N–H and O–H groups in total. The van der Waals surface area contributed by atoms with Gasteiger partial charge in [-0.05, 0) is 62.9 Å². The number of aryl methyl sites for hydroxylation is 1. The largest absolute Gasteiger partial charge is 0.459 e. The molecule has 2 aromatic rings. The lowest BCUT2D eigenvalue weighted by molar-refractivity contribution is -0.143. The van der Waals surface area contributed by atoms with Crippen LogP contribution in [-0.4, -0.2) is 35.6 Å². The topological polar surface area (TPSA) is 99.8 Å². The highest BCUT2D eigenvalue weighted by molar-refractivity contribution is 6.00. The van der Waals surface area contributed by atoms with Gasteiger partial charge in [0.1, 0.15) is 0 Å². The van der Waals surface area contributed by atoms with Crippen molar-refractivity contribution in [2.45, 2.75) is 59.6 Å². The number of hydrogen-bond acceptors (Lipinski definition) is 4. The first-order valence-electron chi connectivity index (χ1n) is 12.0. The van der Waals surface area contributed by atoms with Crippen LogP contribution in [0.3, 0.4) is 0 Å². The Balaban J connectivity index is 1.88. The number of amides is 4. The van der Waals surface area contributed by atoms with Gasteiger partial charge in [-0.15, -0.1) is 0 Å². The quantitative estimate of drug-likeness (QED) is 0.430. The van der Waals surface area contributed by atoms with Crippen LogP contribution in [0.25, 0.3) is 0 Å². The number of carbonyl (C=O) groups is 3. The number of anilines is 2. The van der Waals surface area contributed by atoms with Crippen molar-refractivity contribution in [2.24, 2.45) is 0 Å². The van der Waals surface area contributed by atoms with Crippen LogP contribution in [0.5, 0.6) is 0 Å². The van der Waals surface area contributed by atoms with E-state index in [2.05, 4.69) is 16.0 Å². The molecule has 35 heavy (non-hydrogen) atoms. The van der Waals surface area contributed by atoms with Crippen LogP contribution in [0.4, 0.5) is 21.0 Å². The van der Waals surface area contributed by atoms with Crippen LogP contribution in [-0.2, 0) is 16.0 Å². The third-order valence-corrected chi connectivity index (χ3v) is 5.73. The van der Waals surface area contributed by atoms with Gasteiger partial charge >= 0.3 is 18.0 Å². The summed E-state index contributed by atoms with van der Waals surface area (Å²) in [6.07, 6.45) is 1.24. The van der Waals surface area contributed by atoms with E-state index in [1.54, 1.807) is 43.9 Å². The third kappa shape index (κ3) is 6.20. The molecule has 1 unspecified atom stereocenters. The van der Waals surface area contributed by atoms with Crippen molar-refractivity contribution in [1.29, 1.82) is 0 Å². The molecule has 1 heterocycles. The Morgan fingerprint density at radius 3 is 2.51 bits per heavy atom. The summed E-state index contributed by atoms with van der Waals surface area (Å²) in [5.41, 5.74) is 3.93. The van der Waals surface area contributed by atoms with Crippen LogP contribution in [0.1, 0.15) is 58.2 Å². The van der Waals surface area contributed by atoms with Gasteiger partial charge in [0.2, 0.25) is 0 Å². The maximum absolute atomic E-state index is 13.0. The van der Waals surface area contributed by atoms with Crippen LogP contribution < -0.4 is 16.0 Å². The molecule has 3 rings (SSSR count). The van der Waals surface area contributed by atoms with E-state index in [4.69, 9.17) is 4.74 Å². The molecular formula is C27H34N4O4. The molecule has 1 atom stereocenters. The minimum Gasteiger partial charge on any atom is -0.459 e. The summed E-state index contributed by atoms with van der Waals surface area (Å²) in [6, 6.07) is 13.4. The number of nitrogens with zero attached hydrogens (tertiary/aromatic N) is 1. The summed E-state index contributed by atoms with van der Waals surface area (Å²) in [7, 11) is 0. The number of esters is 1. The van der Waals surface area contributed by atoms with E-state index in [0.717, 1.165) is 24.1 Å². The summed E-state index contributed by atoms with van der Waals surface area (Å²) in [5, 5.41) is 8.66. The van der Waals surface area contributed by atoms with E-state index < -0.39 is 12.0 Å². The van der Waals surface area contributed by atoms with E-state index in [9.17, 15) is 14.4 Å². The lowest BCUT2D eigenvalue weighted by Gasteiger charge is -2.35. The van der Waals surface area contributed by atoms with Crippen molar-refractivity contribution in [1.82, 2.24) is 10.2 Å². The van der Waals surface area contributed by atoms with Gasteiger partial charge in [0.25, 0.3) is 0 Å². The Kier molecular flexibility index (Phi) is 8.52. The lowest BCUT2D eigenvalue weighted by atomic mass is 9.94. The molecule has 186 valence electrons. The highest BCUT2D eigenvalue weighted by Gasteiger charge is 2.36. The third-order valence-electron chi connectivity index (χ3n) is 5.73. The molecule has 8 heteroatoms. The number of urea groups is 2. The number of hydrogen-bond donors (Lipinski definition) is 3. The van der Waals surface area contributed by atoms with Gasteiger partial charge in [0.05, 0.1) is 17.7 Å². The van der Waals surface area contributed by atoms with Crippen molar-refractivity contribution in [3.8, 4) is 0 Å². The molecule has 0 spiro atoms. The highest BCUT2D eigenvalue weighted by atomic mass is 16.5. The summed E-state index contributed by atoms with van der Waals surface area (Å²) in [6.45, 7) is 9.82. The molecule has 0 saturated carbocycles. The first kappa shape index (κ1) is 25.8. The Bertz CT molecular complexity index is 1130. The van der Waals surface area contributed by atoms with Gasteiger partial charge in [0.15, 0.2) is 0 Å². The molecular weight excluding hydrogens is 444 g/mol. The molecule has 8 nitrogen and oxygen atoms in total. The molecule has 0 radical (unpaired) electrons. The second kappa shape index (κ2) is 11.6. The molecule has 0 fully saturated rings. The van der Waals surface area contributed by atoms with E-state index in [-0.39, 0.29) is 18.2 Å². The number of para-hydroxylation sites is 1. The summed E-state index contributed by atoms with van der Waals surface area (Å²) < 4.78 is 5.50. The number of nitrogens with one attached hydrogen (secondary N) is 3. The van der Waals surface area contributed by atoms with Gasteiger partial charge in [-0.1, -0.05) is 44.2 Å². The van der Waals surface area contributed by atoms with Gasteiger partial charge < -0.3 is 20.7 Å². The van der Waals surface area contributed by atoms with Crippen molar-refractivity contribution < 1.29 is 19.1 Å². The molecule has 0 bridgehead atoms. The molecule has 1 aliphatic heterocycles. The zero-order valence-electron chi connectivity index (χ0n) is 21.0. The van der Waals surface area contributed by atoms with Crippen molar-refractivity contribution >= 4 is 29.4 Å². The predicted molar refractivity (Wildman–Crippen MR) is 137 cm³/mol. The van der Waals surface area contributed by atoms with Crippen LogP contribution in [0.15, 0.2) is 59.8 Å². The molecule has 0 aromatic heterocycles. The number of carbonyl (C=O) groups excluding carboxylic acids is 3. The first-order valence-corrected chi connectivity index (χ1v) is 12.0. The number of benzene rings is 2. The Labute approximate surface area is 206 Å². The monoisotopic (exact) mass is 478 g/mol. The summed E-state index contributed by atoms with van der Waals surface area (Å²) in [5.74, 6) is -0.476. The summed E-state index contributed by atoms with van der Waals surface area (Å²) >= 11 is 0. The fourth-order valence-electron chi connectivity index (χ4n) is 4.10. The zero-order valence-corrected chi connectivity index (χ0v) is 21.0. The Morgan fingerprint density at radius 2 is 1.83 bits per heavy atom. The number of rotatable bonds is 8. The van der Waals surface area contributed by atoms with Crippen LogP contribution in [0, 0.1) is 0 Å². The highest BCUT2D eigenvalue weighted by Crippen LogP contribution is 2.33. The Hall–Kier alpha value is -3.81. The van der Waals surface area contributed by atoms with Gasteiger partial charge in [-0.3, -0.25) is 4.90 Å². The second-order valence-corrected chi connectivity index (χ2v) is 8.70. The van der Waals surface area contributed by atoms with Crippen molar-refractivity contribution in [3.05, 3.63) is 70.9 Å². The van der Waals surface area contributed by atoms with E-state index in [1.807, 2.05) is 44.2 Å². The zero-order chi connectivity index (χ0) is 25.5. The van der Waals surface area contributed by atoms with Crippen molar-refractivity contribution in [3.63, 3.8) is 0 Å². The number of allylic oxidation sites excluding steroid dienone is 1. The normalized spacial score (nSPS) is 15.7. The van der Waals surface area contributed by atoms with Crippen molar-refractivity contribution in [2.75, 3.05) is 17.2 Å². The first-order chi connectivity index (χ1) is 16.7. The molecule has 0 aliphatic carbocycles. The lowest BCUT2D eigenvalue weighted by Crippen LogP contribution is -2.48. The van der Waals surface area contributed by atoms with Gasteiger partial charge in [-0.25, -0.2) is 14.4 Å². The fourth-order valence-corrected chi connectivity index (χ4v) is 4.10. The van der Waals surface area contributed by atoms with Crippen LogP contribution in [0.2, 0.25) is 0 Å². The van der Waals surface area contributed by atoms with Gasteiger partial charge in [-0.2, -0.15) is 0 Å². The maximum Gasteiger partial charge on any atom is 0.338 e. The predicted octanol–water partition coefficient (Wildman–Crippen LogP) is 5.59. The average Bonchev–Trinajstić information content (AvgIpc) is 2.81. The van der Waals surface area contributed by atoms with E-state index in [0.29, 0.717) is 29.1 Å². The maximum atomic E-state index is 13.0. The SMILES string of the molecule is CCCN1C(=O)NC(c2cccc(NC(=O)Nc3ccccc3CC)c2)C(C(=O)OC(C)C)=C1C. The molecule has 1 aliphatic rings.